The van der Waals surface area contributed by atoms with Gasteiger partial charge in [-0.15, -0.1) is 12.4 Å². The van der Waals surface area contributed by atoms with Gasteiger partial charge in [0.25, 0.3) is 0 Å². The first-order valence-corrected chi connectivity index (χ1v) is 8.21. The van der Waals surface area contributed by atoms with Crippen LogP contribution in [-0.4, -0.2) is 42.3 Å². The Labute approximate surface area is 152 Å². The largest absolute Gasteiger partial charge is 0.497 e. The fourth-order valence-electron chi connectivity index (χ4n) is 2.71. The molecule has 3 rings (SSSR count). The highest BCUT2D eigenvalue weighted by molar-refractivity contribution is 5.85. The van der Waals surface area contributed by atoms with Gasteiger partial charge < -0.3 is 19.9 Å². The van der Waals surface area contributed by atoms with E-state index in [0.717, 1.165) is 30.8 Å². The fourth-order valence-corrected chi connectivity index (χ4v) is 2.71. The van der Waals surface area contributed by atoms with Gasteiger partial charge in [0.2, 0.25) is 17.6 Å². The molecular weight excluding hydrogens is 344 g/mol. The van der Waals surface area contributed by atoms with Crippen LogP contribution in [0.1, 0.15) is 25.2 Å². The minimum atomic E-state index is 0. The Morgan fingerprint density at radius 2 is 2.36 bits per heavy atom. The molecule has 0 aliphatic carbocycles. The monoisotopic (exact) mass is 366 g/mol. The number of aromatic nitrogens is 2. The number of amides is 1. The van der Waals surface area contributed by atoms with E-state index in [1.54, 1.807) is 7.11 Å². The third kappa shape index (κ3) is 5.44. The maximum atomic E-state index is 11.9. The summed E-state index contributed by atoms with van der Waals surface area (Å²) < 4.78 is 10.5. The van der Waals surface area contributed by atoms with Gasteiger partial charge in [-0.05, 0) is 31.5 Å². The number of hydrogen-bond donors (Lipinski definition) is 2. The van der Waals surface area contributed by atoms with Crippen molar-refractivity contribution in [1.29, 1.82) is 0 Å². The van der Waals surface area contributed by atoms with E-state index in [-0.39, 0.29) is 24.4 Å². The maximum Gasteiger partial charge on any atom is 0.226 e. The summed E-state index contributed by atoms with van der Waals surface area (Å²) in [6.07, 6.45) is 2.74. The standard InChI is InChI=1S/C17H22N4O3.ClH/c1-23-14-5-2-4-12(10-14)17-20-16(24-21-17)7-3-6-15(22)19-13-8-9-18-11-13;/h2,4-5,10,13,18H,3,6-9,11H2,1H3,(H,19,22);1H. The van der Waals surface area contributed by atoms with E-state index < -0.39 is 0 Å². The van der Waals surface area contributed by atoms with Crippen molar-refractivity contribution in [3.63, 3.8) is 0 Å². The van der Waals surface area contributed by atoms with Gasteiger partial charge in [-0.3, -0.25) is 4.79 Å². The van der Waals surface area contributed by atoms with Gasteiger partial charge in [0.05, 0.1) is 7.11 Å². The van der Waals surface area contributed by atoms with Crippen LogP contribution >= 0.6 is 12.4 Å². The molecule has 0 radical (unpaired) electrons. The van der Waals surface area contributed by atoms with E-state index in [1.165, 1.54) is 0 Å². The Balaban J connectivity index is 0.00000225. The molecular formula is C17H23ClN4O3. The zero-order valence-corrected chi connectivity index (χ0v) is 15.0. The molecule has 1 unspecified atom stereocenters. The molecule has 2 aromatic rings. The third-order valence-corrected chi connectivity index (χ3v) is 4.02. The second-order valence-corrected chi connectivity index (χ2v) is 5.85. The summed E-state index contributed by atoms with van der Waals surface area (Å²) in [5.74, 6) is 1.90. The van der Waals surface area contributed by atoms with E-state index in [0.29, 0.717) is 31.0 Å². The number of ether oxygens (including phenoxy) is 1. The number of rotatable bonds is 7. The number of nitrogens with one attached hydrogen (secondary N) is 2. The van der Waals surface area contributed by atoms with Crippen LogP contribution in [0.2, 0.25) is 0 Å². The molecule has 2 N–H and O–H groups in total. The molecule has 7 nitrogen and oxygen atoms in total. The number of methoxy groups -OCH3 is 1. The summed E-state index contributed by atoms with van der Waals surface area (Å²) in [5.41, 5.74) is 0.843. The zero-order valence-electron chi connectivity index (χ0n) is 14.2. The number of hydrogen-bond acceptors (Lipinski definition) is 6. The van der Waals surface area contributed by atoms with Gasteiger partial charge in [-0.1, -0.05) is 17.3 Å². The smallest absolute Gasteiger partial charge is 0.226 e. The van der Waals surface area contributed by atoms with Crippen LogP contribution in [0.3, 0.4) is 0 Å². The Morgan fingerprint density at radius 3 is 3.12 bits per heavy atom. The minimum absolute atomic E-state index is 0. The topological polar surface area (TPSA) is 89.3 Å². The summed E-state index contributed by atoms with van der Waals surface area (Å²) in [7, 11) is 1.62. The van der Waals surface area contributed by atoms with Gasteiger partial charge in [0.15, 0.2) is 0 Å². The fraction of sp³-hybridized carbons (Fsp3) is 0.471. The SMILES string of the molecule is COc1cccc(-c2noc(CCCC(=O)NC3CCNC3)n2)c1.Cl. The van der Waals surface area contributed by atoms with E-state index in [1.807, 2.05) is 24.3 Å². The molecule has 2 heterocycles. The minimum Gasteiger partial charge on any atom is -0.497 e. The Morgan fingerprint density at radius 1 is 1.48 bits per heavy atom. The van der Waals surface area contributed by atoms with Crippen LogP contribution < -0.4 is 15.4 Å². The van der Waals surface area contributed by atoms with Crippen molar-refractivity contribution in [2.45, 2.75) is 31.7 Å². The Kier molecular flexibility index (Phi) is 7.21. The van der Waals surface area contributed by atoms with Crippen LogP contribution in [0.5, 0.6) is 5.75 Å². The van der Waals surface area contributed by atoms with E-state index in [2.05, 4.69) is 20.8 Å². The molecule has 1 saturated heterocycles. The van der Waals surface area contributed by atoms with Crippen LogP contribution in [0, 0.1) is 0 Å². The quantitative estimate of drug-likeness (QED) is 0.778. The molecule has 1 fully saturated rings. The molecule has 1 aromatic carbocycles. The molecule has 1 aromatic heterocycles. The summed E-state index contributed by atoms with van der Waals surface area (Å²) in [5, 5.41) is 10.2. The Hall–Kier alpha value is -2.12. The molecule has 1 amide bonds. The molecule has 136 valence electrons. The van der Waals surface area contributed by atoms with Gasteiger partial charge >= 0.3 is 0 Å². The highest BCUT2D eigenvalue weighted by atomic mass is 35.5. The van der Waals surface area contributed by atoms with E-state index >= 15 is 0 Å². The van der Waals surface area contributed by atoms with Gasteiger partial charge in [-0.2, -0.15) is 4.98 Å². The number of nitrogens with zero attached hydrogens (tertiary/aromatic N) is 2. The number of carbonyl (C=O) groups is 1. The second kappa shape index (κ2) is 9.39. The molecule has 0 spiro atoms. The highest BCUT2D eigenvalue weighted by Gasteiger charge is 2.16. The van der Waals surface area contributed by atoms with Crippen molar-refractivity contribution in [2.75, 3.05) is 20.2 Å². The average Bonchev–Trinajstić information content (AvgIpc) is 3.27. The van der Waals surface area contributed by atoms with Crippen molar-refractivity contribution >= 4 is 18.3 Å². The van der Waals surface area contributed by atoms with Crippen LogP contribution in [0.4, 0.5) is 0 Å². The van der Waals surface area contributed by atoms with Gasteiger partial charge in [0, 0.05) is 31.0 Å². The summed E-state index contributed by atoms with van der Waals surface area (Å²) in [4.78, 5) is 16.2. The predicted octanol–water partition coefficient (Wildman–Crippen LogP) is 1.97. The van der Waals surface area contributed by atoms with Crippen LogP contribution in [-0.2, 0) is 11.2 Å². The molecule has 25 heavy (non-hydrogen) atoms. The average molecular weight is 367 g/mol. The van der Waals surface area contributed by atoms with Crippen molar-refractivity contribution < 1.29 is 14.1 Å². The van der Waals surface area contributed by atoms with Crippen LogP contribution in [0.25, 0.3) is 11.4 Å². The summed E-state index contributed by atoms with van der Waals surface area (Å²) >= 11 is 0. The third-order valence-electron chi connectivity index (χ3n) is 4.02. The highest BCUT2D eigenvalue weighted by Crippen LogP contribution is 2.21. The summed E-state index contributed by atoms with van der Waals surface area (Å²) in [6.45, 7) is 1.83. The van der Waals surface area contributed by atoms with Crippen molar-refractivity contribution in [2.24, 2.45) is 0 Å². The number of aryl methyl sites for hydroxylation is 1. The van der Waals surface area contributed by atoms with Gasteiger partial charge in [0.1, 0.15) is 5.75 Å². The summed E-state index contributed by atoms with van der Waals surface area (Å²) in [6, 6.07) is 7.77. The molecule has 1 aliphatic heterocycles. The van der Waals surface area contributed by atoms with Crippen molar-refractivity contribution in [3.8, 4) is 17.1 Å². The number of halogens is 1. The van der Waals surface area contributed by atoms with Gasteiger partial charge in [-0.25, -0.2) is 0 Å². The lowest BCUT2D eigenvalue weighted by molar-refractivity contribution is -0.121. The number of carbonyl (C=O) groups excluding carboxylic acids is 1. The molecule has 1 atom stereocenters. The molecule has 0 saturated carbocycles. The normalized spacial score (nSPS) is 16.3. The van der Waals surface area contributed by atoms with Crippen molar-refractivity contribution in [1.82, 2.24) is 20.8 Å². The second-order valence-electron chi connectivity index (χ2n) is 5.85. The van der Waals surface area contributed by atoms with E-state index in [4.69, 9.17) is 9.26 Å². The first-order valence-electron chi connectivity index (χ1n) is 8.21. The molecule has 1 aliphatic rings. The number of benzene rings is 1. The van der Waals surface area contributed by atoms with E-state index in [9.17, 15) is 4.79 Å². The van der Waals surface area contributed by atoms with Crippen LogP contribution in [0.15, 0.2) is 28.8 Å². The zero-order chi connectivity index (χ0) is 16.8. The lowest BCUT2D eigenvalue weighted by Crippen LogP contribution is -2.36. The lowest BCUT2D eigenvalue weighted by Gasteiger charge is -2.10. The first kappa shape index (κ1) is 19.2. The van der Waals surface area contributed by atoms with Crippen molar-refractivity contribution in [3.05, 3.63) is 30.2 Å². The Bertz CT molecular complexity index is 686. The lowest BCUT2D eigenvalue weighted by atomic mass is 10.2. The maximum absolute atomic E-state index is 11.9. The molecule has 0 bridgehead atoms. The predicted molar refractivity (Wildman–Crippen MR) is 95.9 cm³/mol. The first-order chi connectivity index (χ1) is 11.7. The molecule has 8 heteroatoms.